The number of amides is 1. The van der Waals surface area contributed by atoms with Crippen LogP contribution in [0, 0.1) is 11.6 Å². The lowest BCUT2D eigenvalue weighted by Crippen LogP contribution is -2.30. The summed E-state index contributed by atoms with van der Waals surface area (Å²) < 4.78 is 26.5. The Labute approximate surface area is 122 Å². The second kappa shape index (κ2) is 6.35. The lowest BCUT2D eigenvalue weighted by molar-refractivity contribution is 0.0752. The van der Waals surface area contributed by atoms with Crippen LogP contribution < -0.4 is 5.73 Å². The van der Waals surface area contributed by atoms with Crippen LogP contribution in [-0.4, -0.2) is 17.4 Å². The molecular weight excluding hydrogens is 274 g/mol. The van der Waals surface area contributed by atoms with Crippen LogP contribution in [0.1, 0.15) is 22.8 Å². The van der Waals surface area contributed by atoms with Gasteiger partial charge in [-0.2, -0.15) is 0 Å². The predicted molar refractivity (Wildman–Crippen MR) is 77.6 cm³/mol. The van der Waals surface area contributed by atoms with Gasteiger partial charge in [0.05, 0.1) is 0 Å². The Morgan fingerprint density at radius 3 is 2.52 bits per heavy atom. The van der Waals surface area contributed by atoms with Crippen molar-refractivity contribution in [3.05, 3.63) is 65.2 Å². The van der Waals surface area contributed by atoms with E-state index in [0.29, 0.717) is 12.1 Å². The second-order valence-electron chi connectivity index (χ2n) is 4.72. The molecule has 2 aromatic carbocycles. The van der Waals surface area contributed by atoms with Gasteiger partial charge in [-0.1, -0.05) is 12.1 Å². The van der Waals surface area contributed by atoms with Gasteiger partial charge in [0.25, 0.3) is 5.91 Å². The average molecular weight is 290 g/mol. The zero-order valence-corrected chi connectivity index (χ0v) is 11.6. The van der Waals surface area contributed by atoms with Gasteiger partial charge in [0.15, 0.2) is 0 Å². The monoisotopic (exact) mass is 290 g/mol. The zero-order valence-electron chi connectivity index (χ0n) is 11.6. The lowest BCUT2D eigenvalue weighted by Gasteiger charge is -2.21. The first-order valence-corrected chi connectivity index (χ1v) is 6.59. The fourth-order valence-electron chi connectivity index (χ4n) is 2.10. The zero-order chi connectivity index (χ0) is 15.4. The molecule has 0 atom stereocenters. The maximum atomic E-state index is 13.3. The fraction of sp³-hybridized carbons (Fsp3) is 0.188. The highest BCUT2D eigenvalue weighted by Gasteiger charge is 2.16. The molecule has 21 heavy (non-hydrogen) atoms. The third-order valence-electron chi connectivity index (χ3n) is 3.10. The van der Waals surface area contributed by atoms with E-state index in [-0.39, 0.29) is 29.5 Å². The maximum absolute atomic E-state index is 13.3. The number of benzene rings is 2. The van der Waals surface area contributed by atoms with Crippen molar-refractivity contribution in [1.82, 2.24) is 4.90 Å². The van der Waals surface area contributed by atoms with Crippen molar-refractivity contribution in [1.29, 1.82) is 0 Å². The van der Waals surface area contributed by atoms with E-state index in [4.69, 9.17) is 5.73 Å². The molecule has 0 heterocycles. The summed E-state index contributed by atoms with van der Waals surface area (Å²) >= 11 is 0. The molecule has 0 aromatic heterocycles. The van der Waals surface area contributed by atoms with E-state index >= 15 is 0 Å². The summed E-state index contributed by atoms with van der Waals surface area (Å²) in [5.41, 5.74) is 6.61. The number of carbonyl (C=O) groups is 1. The van der Waals surface area contributed by atoms with Crippen LogP contribution in [0.25, 0.3) is 0 Å². The van der Waals surface area contributed by atoms with Crippen LogP contribution in [0.5, 0.6) is 0 Å². The predicted octanol–water partition coefficient (Wildman–Crippen LogP) is 3.21. The Morgan fingerprint density at radius 1 is 1.14 bits per heavy atom. The summed E-state index contributed by atoms with van der Waals surface area (Å²) in [4.78, 5) is 13.9. The van der Waals surface area contributed by atoms with Crippen molar-refractivity contribution in [3.8, 4) is 0 Å². The van der Waals surface area contributed by atoms with E-state index in [1.165, 1.54) is 23.1 Å². The quantitative estimate of drug-likeness (QED) is 0.879. The molecular formula is C16H16F2N2O. The molecule has 0 aliphatic carbocycles. The Kier molecular flexibility index (Phi) is 4.52. The molecule has 0 aliphatic rings. The number of halogens is 2. The standard InChI is InChI=1S/C16H16F2N2O/c1-2-20(10-11-4-3-5-13(17)6-11)16(21)12-7-14(18)9-15(19)8-12/h3-9H,2,10,19H2,1H3. The third kappa shape index (κ3) is 3.78. The summed E-state index contributed by atoms with van der Waals surface area (Å²) in [5, 5.41) is 0. The lowest BCUT2D eigenvalue weighted by atomic mass is 10.1. The van der Waals surface area contributed by atoms with E-state index < -0.39 is 5.82 Å². The molecule has 1 amide bonds. The molecule has 0 radical (unpaired) electrons. The summed E-state index contributed by atoms with van der Waals surface area (Å²) in [6.45, 7) is 2.48. The van der Waals surface area contributed by atoms with E-state index in [1.54, 1.807) is 19.1 Å². The summed E-state index contributed by atoms with van der Waals surface area (Å²) in [6.07, 6.45) is 0. The van der Waals surface area contributed by atoms with Crippen LogP contribution in [0.3, 0.4) is 0 Å². The minimum atomic E-state index is -0.555. The number of nitrogens with two attached hydrogens (primary N) is 1. The van der Waals surface area contributed by atoms with E-state index in [9.17, 15) is 13.6 Å². The van der Waals surface area contributed by atoms with Crippen molar-refractivity contribution in [2.75, 3.05) is 12.3 Å². The smallest absolute Gasteiger partial charge is 0.254 e. The Hall–Kier alpha value is -2.43. The molecule has 0 saturated heterocycles. The topological polar surface area (TPSA) is 46.3 Å². The third-order valence-corrected chi connectivity index (χ3v) is 3.10. The molecule has 2 aromatic rings. The molecule has 110 valence electrons. The van der Waals surface area contributed by atoms with Gasteiger partial charge in [-0.05, 0) is 42.8 Å². The minimum absolute atomic E-state index is 0.186. The molecule has 0 bridgehead atoms. The number of carbonyl (C=O) groups excluding carboxylic acids is 1. The van der Waals surface area contributed by atoms with Gasteiger partial charge in [-0.15, -0.1) is 0 Å². The number of rotatable bonds is 4. The van der Waals surface area contributed by atoms with Crippen LogP contribution in [0.2, 0.25) is 0 Å². The first-order chi connectivity index (χ1) is 9.99. The Bertz CT molecular complexity index is 638. The highest BCUT2D eigenvalue weighted by atomic mass is 19.1. The maximum Gasteiger partial charge on any atom is 0.254 e. The molecule has 3 nitrogen and oxygen atoms in total. The van der Waals surface area contributed by atoms with Crippen molar-refractivity contribution >= 4 is 11.6 Å². The number of nitrogen functional groups attached to an aromatic ring is 1. The molecule has 2 N–H and O–H groups in total. The summed E-state index contributed by atoms with van der Waals surface area (Å²) in [6, 6.07) is 9.76. The van der Waals surface area contributed by atoms with Crippen molar-refractivity contribution in [2.24, 2.45) is 0 Å². The molecule has 0 unspecified atom stereocenters. The highest BCUT2D eigenvalue weighted by Crippen LogP contribution is 2.15. The molecule has 0 aliphatic heterocycles. The highest BCUT2D eigenvalue weighted by molar-refractivity contribution is 5.95. The van der Waals surface area contributed by atoms with Gasteiger partial charge < -0.3 is 10.6 Å². The Balaban J connectivity index is 2.22. The van der Waals surface area contributed by atoms with Gasteiger partial charge >= 0.3 is 0 Å². The molecule has 0 spiro atoms. The van der Waals surface area contributed by atoms with E-state index in [1.807, 2.05) is 0 Å². The second-order valence-corrected chi connectivity index (χ2v) is 4.72. The number of hydrogen-bond donors (Lipinski definition) is 1. The van der Waals surface area contributed by atoms with Gasteiger partial charge in [-0.3, -0.25) is 4.79 Å². The van der Waals surface area contributed by atoms with Gasteiger partial charge in [0.2, 0.25) is 0 Å². The number of hydrogen-bond acceptors (Lipinski definition) is 2. The van der Waals surface area contributed by atoms with Crippen LogP contribution in [-0.2, 0) is 6.54 Å². The van der Waals surface area contributed by atoms with Gasteiger partial charge in [0.1, 0.15) is 11.6 Å². The number of nitrogens with zero attached hydrogens (tertiary/aromatic N) is 1. The Morgan fingerprint density at radius 2 is 1.90 bits per heavy atom. The first-order valence-electron chi connectivity index (χ1n) is 6.59. The largest absolute Gasteiger partial charge is 0.399 e. The minimum Gasteiger partial charge on any atom is -0.399 e. The van der Waals surface area contributed by atoms with E-state index in [0.717, 1.165) is 12.1 Å². The molecule has 0 saturated carbocycles. The molecule has 5 heteroatoms. The van der Waals surface area contributed by atoms with Gasteiger partial charge in [0, 0.05) is 24.3 Å². The average Bonchev–Trinajstić information content (AvgIpc) is 2.43. The number of anilines is 1. The van der Waals surface area contributed by atoms with Gasteiger partial charge in [-0.25, -0.2) is 8.78 Å². The van der Waals surface area contributed by atoms with Crippen LogP contribution in [0.4, 0.5) is 14.5 Å². The molecule has 2 rings (SSSR count). The van der Waals surface area contributed by atoms with Crippen molar-refractivity contribution in [2.45, 2.75) is 13.5 Å². The SMILES string of the molecule is CCN(Cc1cccc(F)c1)C(=O)c1cc(N)cc(F)c1. The van der Waals surface area contributed by atoms with Crippen LogP contribution >= 0.6 is 0 Å². The summed E-state index contributed by atoms with van der Waals surface area (Å²) in [7, 11) is 0. The van der Waals surface area contributed by atoms with Crippen molar-refractivity contribution in [3.63, 3.8) is 0 Å². The first kappa shape index (κ1) is 15.0. The fourth-order valence-corrected chi connectivity index (χ4v) is 2.10. The molecule has 0 fully saturated rings. The van der Waals surface area contributed by atoms with Crippen molar-refractivity contribution < 1.29 is 13.6 Å². The normalized spacial score (nSPS) is 10.4. The summed E-state index contributed by atoms with van der Waals surface area (Å²) in [5.74, 6) is -1.25. The van der Waals surface area contributed by atoms with E-state index in [2.05, 4.69) is 0 Å². The van der Waals surface area contributed by atoms with Crippen LogP contribution in [0.15, 0.2) is 42.5 Å².